The molecule has 0 unspecified atom stereocenters. The molecule has 0 atom stereocenters. The summed E-state index contributed by atoms with van der Waals surface area (Å²) in [7, 11) is 1.39. The fourth-order valence-corrected chi connectivity index (χ4v) is 1.45. The fourth-order valence-electron chi connectivity index (χ4n) is 1.45. The van der Waals surface area contributed by atoms with Crippen LogP contribution in [0.3, 0.4) is 0 Å². The smallest absolute Gasteiger partial charge is 0.314 e. The maximum absolute atomic E-state index is 11.5. The van der Waals surface area contributed by atoms with Crippen LogP contribution in [0.2, 0.25) is 0 Å². The first-order valence-corrected chi connectivity index (χ1v) is 5.79. The fraction of sp³-hybridized carbons (Fsp3) is 0.500. The highest BCUT2D eigenvalue weighted by Crippen LogP contribution is 2.21. The minimum Gasteiger partial charge on any atom is -0.492 e. The zero-order valence-corrected chi connectivity index (χ0v) is 10.9. The maximum atomic E-state index is 11.5. The zero-order valence-electron chi connectivity index (χ0n) is 10.9. The van der Waals surface area contributed by atoms with Gasteiger partial charge in [-0.3, -0.25) is 4.79 Å². The molecule has 0 aliphatic heterocycles. The summed E-state index contributed by atoms with van der Waals surface area (Å²) in [6.07, 6.45) is 0.970. The van der Waals surface area contributed by atoms with Crippen molar-refractivity contribution in [3.8, 4) is 5.75 Å². The molecule has 94 valence electrons. The summed E-state index contributed by atoms with van der Waals surface area (Å²) in [4.78, 5) is 11.5. The zero-order chi connectivity index (χ0) is 12.9. The summed E-state index contributed by atoms with van der Waals surface area (Å²) in [5.74, 6) is 0.533. The summed E-state index contributed by atoms with van der Waals surface area (Å²) >= 11 is 0. The van der Waals surface area contributed by atoms with Crippen LogP contribution in [0.1, 0.15) is 26.3 Å². The molecule has 0 spiro atoms. The van der Waals surface area contributed by atoms with E-state index in [-0.39, 0.29) is 5.97 Å². The predicted molar refractivity (Wildman–Crippen MR) is 67.1 cm³/mol. The molecule has 0 N–H and O–H groups in total. The molecule has 0 bridgehead atoms. The number of aryl methyl sites for hydroxylation is 1. The van der Waals surface area contributed by atoms with E-state index < -0.39 is 5.41 Å². The third kappa shape index (κ3) is 3.77. The van der Waals surface area contributed by atoms with E-state index in [0.717, 1.165) is 12.2 Å². The lowest BCUT2D eigenvalue weighted by Gasteiger charge is -2.21. The molecule has 0 heterocycles. The monoisotopic (exact) mass is 236 g/mol. The van der Waals surface area contributed by atoms with Gasteiger partial charge in [-0.25, -0.2) is 0 Å². The third-order valence-electron chi connectivity index (χ3n) is 2.64. The molecule has 3 nitrogen and oxygen atoms in total. The molecule has 0 fully saturated rings. The van der Waals surface area contributed by atoms with Gasteiger partial charge in [0.25, 0.3) is 0 Å². The Balaban J connectivity index is 2.63. The summed E-state index contributed by atoms with van der Waals surface area (Å²) in [6, 6.07) is 7.90. The van der Waals surface area contributed by atoms with E-state index in [9.17, 15) is 4.79 Å². The molecule has 0 aromatic heterocycles. The standard InChI is InChI=1S/C14H20O3/c1-5-11-7-6-8-12(9-11)17-10-14(2,3)13(15)16-4/h6-9H,5,10H2,1-4H3. The lowest BCUT2D eigenvalue weighted by molar-refractivity contribution is -0.152. The molecule has 3 heteroatoms. The molecule has 0 amide bonds. The molecule has 0 aliphatic rings. The molecular weight excluding hydrogens is 216 g/mol. The number of benzene rings is 1. The van der Waals surface area contributed by atoms with Gasteiger partial charge in [-0.05, 0) is 38.0 Å². The van der Waals surface area contributed by atoms with Gasteiger partial charge >= 0.3 is 5.97 Å². The Bertz CT molecular complexity index is 383. The molecule has 1 aromatic carbocycles. The minimum absolute atomic E-state index is 0.260. The SMILES string of the molecule is CCc1cccc(OCC(C)(C)C(=O)OC)c1. The van der Waals surface area contributed by atoms with Crippen molar-refractivity contribution < 1.29 is 14.3 Å². The number of hydrogen-bond donors (Lipinski definition) is 0. The van der Waals surface area contributed by atoms with Crippen LogP contribution in [0, 0.1) is 5.41 Å². The van der Waals surface area contributed by atoms with Crippen molar-refractivity contribution in [2.24, 2.45) is 5.41 Å². The summed E-state index contributed by atoms with van der Waals surface area (Å²) in [5, 5.41) is 0. The Labute approximate surface area is 103 Å². The van der Waals surface area contributed by atoms with E-state index in [4.69, 9.17) is 9.47 Å². The second-order valence-corrected chi connectivity index (χ2v) is 4.67. The van der Waals surface area contributed by atoms with Crippen LogP contribution in [0.25, 0.3) is 0 Å². The van der Waals surface area contributed by atoms with Crippen molar-refractivity contribution in [1.82, 2.24) is 0 Å². The largest absolute Gasteiger partial charge is 0.492 e. The molecule has 0 saturated heterocycles. The average molecular weight is 236 g/mol. The highest BCUT2D eigenvalue weighted by Gasteiger charge is 2.29. The molecule has 0 aliphatic carbocycles. The topological polar surface area (TPSA) is 35.5 Å². The van der Waals surface area contributed by atoms with Gasteiger partial charge in [-0.15, -0.1) is 0 Å². The number of carbonyl (C=O) groups excluding carboxylic acids is 1. The first kappa shape index (κ1) is 13.6. The Hall–Kier alpha value is -1.51. The molecule has 0 saturated carbocycles. The molecule has 1 rings (SSSR count). The second-order valence-electron chi connectivity index (χ2n) is 4.67. The first-order valence-electron chi connectivity index (χ1n) is 5.79. The van der Waals surface area contributed by atoms with Gasteiger partial charge in [0.15, 0.2) is 0 Å². The van der Waals surface area contributed by atoms with Gasteiger partial charge in [0.05, 0.1) is 12.5 Å². The Morgan fingerprint density at radius 1 is 1.35 bits per heavy atom. The third-order valence-corrected chi connectivity index (χ3v) is 2.64. The van der Waals surface area contributed by atoms with E-state index in [0.29, 0.717) is 6.61 Å². The van der Waals surface area contributed by atoms with E-state index in [2.05, 4.69) is 13.0 Å². The van der Waals surface area contributed by atoms with Crippen molar-refractivity contribution in [3.63, 3.8) is 0 Å². The van der Waals surface area contributed by atoms with Crippen molar-refractivity contribution in [2.45, 2.75) is 27.2 Å². The van der Waals surface area contributed by atoms with Gasteiger partial charge in [-0.1, -0.05) is 19.1 Å². The van der Waals surface area contributed by atoms with Crippen LogP contribution in [-0.2, 0) is 16.0 Å². The van der Waals surface area contributed by atoms with Crippen LogP contribution in [0.5, 0.6) is 5.75 Å². The average Bonchev–Trinajstić information content (AvgIpc) is 2.35. The Kier molecular flexibility index (Phi) is 4.55. The van der Waals surface area contributed by atoms with Crippen LogP contribution < -0.4 is 4.74 Å². The maximum Gasteiger partial charge on any atom is 0.314 e. The van der Waals surface area contributed by atoms with Crippen molar-refractivity contribution >= 4 is 5.97 Å². The second kappa shape index (κ2) is 5.71. The van der Waals surface area contributed by atoms with Crippen LogP contribution >= 0.6 is 0 Å². The Morgan fingerprint density at radius 3 is 2.65 bits per heavy atom. The van der Waals surface area contributed by atoms with Crippen molar-refractivity contribution in [2.75, 3.05) is 13.7 Å². The lowest BCUT2D eigenvalue weighted by Crippen LogP contribution is -2.32. The number of methoxy groups -OCH3 is 1. The molecule has 17 heavy (non-hydrogen) atoms. The first-order chi connectivity index (χ1) is 7.99. The normalized spacial score (nSPS) is 11.1. The van der Waals surface area contributed by atoms with Gasteiger partial charge in [0.2, 0.25) is 0 Å². The van der Waals surface area contributed by atoms with Gasteiger partial charge in [0, 0.05) is 0 Å². The van der Waals surface area contributed by atoms with Crippen molar-refractivity contribution in [3.05, 3.63) is 29.8 Å². The van der Waals surface area contributed by atoms with Crippen LogP contribution in [0.15, 0.2) is 24.3 Å². The molecule has 1 aromatic rings. The highest BCUT2D eigenvalue weighted by atomic mass is 16.5. The number of hydrogen-bond acceptors (Lipinski definition) is 3. The number of rotatable bonds is 5. The Morgan fingerprint density at radius 2 is 2.06 bits per heavy atom. The summed E-state index contributed by atoms with van der Waals surface area (Å²) < 4.78 is 10.4. The molecule has 0 radical (unpaired) electrons. The van der Waals surface area contributed by atoms with E-state index in [1.165, 1.54) is 12.7 Å². The van der Waals surface area contributed by atoms with Gasteiger partial charge in [-0.2, -0.15) is 0 Å². The van der Waals surface area contributed by atoms with Gasteiger partial charge in [0.1, 0.15) is 12.4 Å². The number of ether oxygens (including phenoxy) is 2. The van der Waals surface area contributed by atoms with Crippen molar-refractivity contribution in [1.29, 1.82) is 0 Å². The van der Waals surface area contributed by atoms with E-state index in [1.54, 1.807) is 0 Å². The van der Waals surface area contributed by atoms with E-state index in [1.807, 2.05) is 32.0 Å². The lowest BCUT2D eigenvalue weighted by atomic mass is 9.95. The predicted octanol–water partition coefficient (Wildman–Crippen LogP) is 2.83. The summed E-state index contributed by atoms with van der Waals surface area (Å²) in [6.45, 7) is 6.02. The van der Waals surface area contributed by atoms with Crippen LogP contribution in [0.4, 0.5) is 0 Å². The number of carbonyl (C=O) groups is 1. The van der Waals surface area contributed by atoms with E-state index >= 15 is 0 Å². The van der Waals surface area contributed by atoms with Gasteiger partial charge < -0.3 is 9.47 Å². The number of esters is 1. The highest BCUT2D eigenvalue weighted by molar-refractivity contribution is 5.75. The quantitative estimate of drug-likeness (QED) is 0.737. The summed E-state index contributed by atoms with van der Waals surface area (Å²) in [5.41, 5.74) is 0.593. The minimum atomic E-state index is -0.628. The molecular formula is C14H20O3. The van der Waals surface area contributed by atoms with Crippen LogP contribution in [-0.4, -0.2) is 19.7 Å².